The first-order chi connectivity index (χ1) is 7.12. The van der Waals surface area contributed by atoms with Gasteiger partial charge in [-0.2, -0.15) is 0 Å². The summed E-state index contributed by atoms with van der Waals surface area (Å²) >= 11 is 0. The largest absolute Gasteiger partial charge is 0.678 e. The fourth-order valence-corrected chi connectivity index (χ4v) is 3.67. The van der Waals surface area contributed by atoms with Gasteiger partial charge in [0, 0.05) is 21.7 Å². The Morgan fingerprint density at radius 3 is 0.810 bits per heavy atom. The molecule has 0 bridgehead atoms. The van der Waals surface area contributed by atoms with Crippen molar-refractivity contribution in [2.75, 3.05) is 0 Å². The van der Waals surface area contributed by atoms with Gasteiger partial charge in [-0.05, 0) is 62.3 Å². The van der Waals surface area contributed by atoms with Gasteiger partial charge in [0.2, 0.25) is 0 Å². The van der Waals surface area contributed by atoms with Crippen LogP contribution in [0.25, 0.3) is 0 Å². The van der Waals surface area contributed by atoms with Gasteiger partial charge in [-0.25, -0.2) is 0 Å². The van der Waals surface area contributed by atoms with Crippen molar-refractivity contribution >= 4 is 9.05 Å². The first-order valence-corrected chi connectivity index (χ1v) is 7.62. The normalized spacial score (nSPS) is 12.3. The van der Waals surface area contributed by atoms with Gasteiger partial charge >= 0.3 is 9.05 Å². The quantitative estimate of drug-likeness (QED) is 0.720. The van der Waals surface area contributed by atoms with Gasteiger partial charge in [0.05, 0.1) is 16.8 Å². The first kappa shape index (κ1) is 33.3. The van der Waals surface area contributed by atoms with Crippen molar-refractivity contribution in [1.82, 2.24) is 0 Å². The summed E-state index contributed by atoms with van der Waals surface area (Å²) in [4.78, 5) is 10.5. The second kappa shape index (κ2) is 10.4. The van der Waals surface area contributed by atoms with Crippen LogP contribution in [0.1, 0.15) is 62.3 Å². The molecule has 0 aliphatic heterocycles. The molecule has 0 radical (unpaired) electrons. The van der Waals surface area contributed by atoms with Crippen molar-refractivity contribution in [2.24, 2.45) is 0 Å². The Labute approximate surface area is 144 Å². The van der Waals surface area contributed by atoms with E-state index in [1.807, 2.05) is 62.3 Å². The molecule has 0 amide bonds. The molecule has 132 valence electrons. The summed E-state index contributed by atoms with van der Waals surface area (Å²) < 4.78 is 16.9. The molecule has 0 aliphatic carbocycles. The van der Waals surface area contributed by atoms with Crippen LogP contribution in [0.2, 0.25) is 0 Å². The zero-order valence-corrected chi connectivity index (χ0v) is 17.2. The third-order valence-electron chi connectivity index (χ3n) is 1.31. The number of rotatable bonds is 3. The van der Waals surface area contributed by atoms with E-state index in [2.05, 4.69) is 0 Å². The van der Waals surface area contributed by atoms with Gasteiger partial charge in [-0.15, -0.1) is 0 Å². The van der Waals surface area contributed by atoms with Gasteiger partial charge in [0.1, 0.15) is 0 Å². The zero-order valence-electron chi connectivity index (χ0n) is 14.7. The standard InChI is InChI=1S/C12H28O4Si.3H2O.Ti/c1-10(2,3)14-17(13,15-11(4,5)6)16-12(7,8)9;;;;/h13H,1-9H3;3*1H2;. The molecule has 0 rings (SSSR count). The third-order valence-corrected chi connectivity index (χ3v) is 3.92. The van der Waals surface area contributed by atoms with Crippen LogP contribution in [-0.2, 0) is 35.0 Å². The summed E-state index contributed by atoms with van der Waals surface area (Å²) in [6, 6.07) is 0. The predicted octanol–water partition coefficient (Wildman–Crippen LogP) is 0.383. The minimum atomic E-state index is -3.66. The maximum atomic E-state index is 10.5. The summed E-state index contributed by atoms with van der Waals surface area (Å²) in [5, 5.41) is 0. The molecule has 0 aromatic carbocycles. The molecular weight excluding hydrogens is 332 g/mol. The predicted molar refractivity (Wildman–Crippen MR) is 81.3 cm³/mol. The zero-order chi connectivity index (χ0) is 14.1. The van der Waals surface area contributed by atoms with Gasteiger partial charge in [-0.1, -0.05) is 0 Å². The molecule has 7 N–H and O–H groups in total. The van der Waals surface area contributed by atoms with Crippen LogP contribution >= 0.6 is 0 Å². The summed E-state index contributed by atoms with van der Waals surface area (Å²) in [5.74, 6) is 0. The summed E-state index contributed by atoms with van der Waals surface area (Å²) in [6.45, 7) is 16.8. The van der Waals surface area contributed by atoms with Crippen LogP contribution < -0.4 is 0 Å². The van der Waals surface area contributed by atoms with E-state index in [1.54, 1.807) is 0 Å². The average Bonchev–Trinajstić information content (AvgIpc) is 1.65. The van der Waals surface area contributed by atoms with Crippen molar-refractivity contribution in [1.29, 1.82) is 0 Å². The Hall–Kier alpha value is 0.651. The Morgan fingerprint density at radius 2 is 0.714 bits per heavy atom. The molecule has 0 atom stereocenters. The number of hydrogen-bond acceptors (Lipinski definition) is 4. The first-order valence-electron chi connectivity index (χ1n) is 5.95. The maximum Gasteiger partial charge on any atom is 0.678 e. The molecule has 21 heavy (non-hydrogen) atoms. The van der Waals surface area contributed by atoms with E-state index in [0.717, 1.165) is 0 Å². The van der Waals surface area contributed by atoms with Crippen molar-refractivity contribution in [3.05, 3.63) is 0 Å². The number of hydrogen-bond donors (Lipinski definition) is 1. The van der Waals surface area contributed by atoms with Crippen LogP contribution in [0.15, 0.2) is 0 Å². The molecule has 0 fully saturated rings. The minimum absolute atomic E-state index is 0. The molecule has 0 saturated heterocycles. The van der Waals surface area contributed by atoms with Crippen LogP contribution in [0.5, 0.6) is 0 Å². The van der Waals surface area contributed by atoms with Crippen LogP contribution in [0, 0.1) is 0 Å². The SMILES string of the molecule is CC(C)(C)O[Si](O)(OC(C)(C)C)OC(C)(C)C.O.O.O.[Ti]. The second-order valence-electron chi connectivity index (χ2n) is 7.17. The molecule has 0 aromatic rings. The van der Waals surface area contributed by atoms with Crippen LogP contribution in [-0.4, -0.2) is 47.1 Å². The monoisotopic (exact) mass is 366 g/mol. The van der Waals surface area contributed by atoms with Crippen molar-refractivity contribution < 1.29 is 56.2 Å². The summed E-state index contributed by atoms with van der Waals surface area (Å²) in [6.07, 6.45) is 0. The van der Waals surface area contributed by atoms with Gasteiger partial charge < -0.3 is 34.5 Å². The minimum Gasteiger partial charge on any atom is -0.412 e. The fourth-order valence-electron chi connectivity index (χ4n) is 1.22. The van der Waals surface area contributed by atoms with E-state index < -0.39 is 25.9 Å². The molecule has 0 aromatic heterocycles. The molecule has 0 heterocycles. The molecule has 0 saturated carbocycles. The summed E-state index contributed by atoms with van der Waals surface area (Å²) in [5.41, 5.74) is -1.55. The van der Waals surface area contributed by atoms with E-state index in [4.69, 9.17) is 13.3 Å². The molecule has 0 unspecified atom stereocenters. The average molecular weight is 366 g/mol. The van der Waals surface area contributed by atoms with E-state index in [1.165, 1.54) is 0 Å². The molecular formula is C12H34O7SiTi. The van der Waals surface area contributed by atoms with Crippen LogP contribution in [0.4, 0.5) is 0 Å². The second-order valence-corrected chi connectivity index (χ2v) is 8.83. The Bertz CT molecular complexity index is 215. The molecule has 9 heteroatoms. The van der Waals surface area contributed by atoms with E-state index in [-0.39, 0.29) is 38.1 Å². The van der Waals surface area contributed by atoms with Crippen LogP contribution in [0.3, 0.4) is 0 Å². The van der Waals surface area contributed by atoms with Gasteiger partial charge in [0.25, 0.3) is 0 Å². The smallest absolute Gasteiger partial charge is 0.412 e. The van der Waals surface area contributed by atoms with Crippen molar-refractivity contribution in [3.8, 4) is 0 Å². The van der Waals surface area contributed by atoms with E-state index in [9.17, 15) is 4.80 Å². The fraction of sp³-hybridized carbons (Fsp3) is 1.00. The van der Waals surface area contributed by atoms with E-state index in [0.29, 0.717) is 0 Å². The third kappa shape index (κ3) is 20.7. The Balaban J connectivity index is -0.000000213. The molecule has 0 aliphatic rings. The van der Waals surface area contributed by atoms with Gasteiger partial charge in [0.15, 0.2) is 0 Å². The Kier molecular flexibility index (Phi) is 16.5. The molecule has 0 spiro atoms. The maximum absolute atomic E-state index is 10.5. The van der Waals surface area contributed by atoms with E-state index >= 15 is 0 Å². The van der Waals surface area contributed by atoms with Gasteiger partial charge in [-0.3, -0.25) is 0 Å². The molecule has 7 nitrogen and oxygen atoms in total. The summed E-state index contributed by atoms with van der Waals surface area (Å²) in [7, 11) is -3.66. The Morgan fingerprint density at radius 1 is 0.571 bits per heavy atom. The van der Waals surface area contributed by atoms with Crippen molar-refractivity contribution in [3.63, 3.8) is 0 Å². The van der Waals surface area contributed by atoms with Crippen molar-refractivity contribution in [2.45, 2.75) is 79.1 Å². The topological polar surface area (TPSA) is 142 Å².